The summed E-state index contributed by atoms with van der Waals surface area (Å²) in [6.45, 7) is 2.87. The van der Waals surface area contributed by atoms with Gasteiger partial charge >= 0.3 is 6.09 Å². The van der Waals surface area contributed by atoms with E-state index in [9.17, 15) is 9.59 Å². The molecule has 0 spiro atoms. The van der Waals surface area contributed by atoms with Crippen molar-refractivity contribution in [2.24, 2.45) is 0 Å². The Morgan fingerprint density at radius 2 is 1.48 bits per heavy atom. The minimum atomic E-state index is -0.480. The minimum absolute atomic E-state index is 0.0245. The lowest BCUT2D eigenvalue weighted by Gasteiger charge is -2.37. The molecule has 1 saturated carbocycles. The Morgan fingerprint density at radius 1 is 0.780 bits per heavy atom. The molecule has 2 fully saturated rings. The molecule has 262 valence electrons. The van der Waals surface area contributed by atoms with E-state index in [1.165, 1.54) is 12.8 Å². The third-order valence-electron chi connectivity index (χ3n) is 9.28. The fourth-order valence-corrected chi connectivity index (χ4v) is 6.65. The zero-order valence-electron chi connectivity index (χ0n) is 28.9. The van der Waals surface area contributed by atoms with Crippen LogP contribution in [-0.4, -0.2) is 49.9 Å². The smallest absolute Gasteiger partial charge is 0.429 e. The number of piperidine rings is 1. The highest BCUT2D eigenvalue weighted by Crippen LogP contribution is 2.34. The van der Waals surface area contributed by atoms with Gasteiger partial charge in [0, 0.05) is 37.4 Å². The molecule has 9 nitrogen and oxygen atoms in total. The number of amides is 2. The van der Waals surface area contributed by atoms with E-state index in [-0.39, 0.29) is 25.0 Å². The van der Waals surface area contributed by atoms with Crippen molar-refractivity contribution in [1.82, 2.24) is 10.3 Å². The van der Waals surface area contributed by atoms with Crippen molar-refractivity contribution in [3.8, 4) is 22.6 Å². The van der Waals surface area contributed by atoms with Crippen LogP contribution in [0.5, 0.6) is 11.5 Å². The Morgan fingerprint density at radius 3 is 2.24 bits per heavy atom. The monoisotopic (exact) mass is 676 g/mol. The first-order chi connectivity index (χ1) is 24.6. The van der Waals surface area contributed by atoms with Gasteiger partial charge < -0.3 is 24.8 Å². The van der Waals surface area contributed by atoms with E-state index in [0.717, 1.165) is 84.6 Å². The first-order valence-electron chi connectivity index (χ1n) is 17.9. The fraction of sp³-hybridized carbons (Fsp3) is 0.366. The third-order valence-corrected chi connectivity index (χ3v) is 9.28. The van der Waals surface area contributed by atoms with Crippen LogP contribution in [0.2, 0.25) is 0 Å². The highest BCUT2D eigenvalue weighted by molar-refractivity contribution is 5.94. The van der Waals surface area contributed by atoms with E-state index >= 15 is 0 Å². The second kappa shape index (κ2) is 17.7. The van der Waals surface area contributed by atoms with Gasteiger partial charge in [-0.15, -0.1) is 0 Å². The molecule has 0 aromatic heterocycles. The van der Waals surface area contributed by atoms with Gasteiger partial charge in [0.05, 0.1) is 25.3 Å². The molecule has 50 heavy (non-hydrogen) atoms. The van der Waals surface area contributed by atoms with Gasteiger partial charge in [0.15, 0.2) is 11.5 Å². The Balaban J connectivity index is 0.982. The number of anilines is 2. The molecule has 2 amide bonds. The molecule has 2 aliphatic rings. The maximum absolute atomic E-state index is 13.6. The van der Waals surface area contributed by atoms with Crippen LogP contribution in [0.1, 0.15) is 62.5 Å². The molecule has 1 aliphatic carbocycles. The summed E-state index contributed by atoms with van der Waals surface area (Å²) >= 11 is 0. The Bertz CT molecular complexity index is 1690. The maximum Gasteiger partial charge on any atom is 0.429 e. The van der Waals surface area contributed by atoms with Gasteiger partial charge in [0.25, 0.3) is 0 Å². The number of benzene rings is 4. The normalized spacial score (nSPS) is 15.0. The standard InChI is InChI=1S/C41H48N4O5/c1-48-38-23-20-32(28-39(38)50-35-14-6-7-15-35)30-42-29-31-18-21-34(22-19-31)43-40(46)24-27-49-41(47)45(44-25-10-3-11-26-44)37-17-9-8-16-36(37)33-12-4-2-5-13-33/h2,4-5,8-9,12-13,16-23,28,35,42H,3,6-7,10-11,14-15,24-27,29-30H2,1H3,(H,43,46). The lowest BCUT2D eigenvalue weighted by molar-refractivity contribution is -0.116. The number of carbonyl (C=O) groups is 2. The SMILES string of the molecule is COc1ccc(CNCc2ccc(NC(=O)CCOC(=O)N(c3ccccc3-c3ccccc3)N3CCCCC3)cc2)cc1OC1CCCC1. The van der Waals surface area contributed by atoms with Crippen LogP contribution in [0, 0.1) is 0 Å². The molecule has 4 aromatic carbocycles. The van der Waals surface area contributed by atoms with Gasteiger partial charge in [-0.2, -0.15) is 0 Å². The number of hydrogen-bond donors (Lipinski definition) is 2. The number of rotatable bonds is 14. The highest BCUT2D eigenvalue weighted by atomic mass is 16.6. The van der Waals surface area contributed by atoms with Crippen LogP contribution in [0.3, 0.4) is 0 Å². The lowest BCUT2D eigenvalue weighted by atomic mass is 10.0. The highest BCUT2D eigenvalue weighted by Gasteiger charge is 2.28. The van der Waals surface area contributed by atoms with Crippen LogP contribution < -0.4 is 25.1 Å². The van der Waals surface area contributed by atoms with Crippen LogP contribution in [0.15, 0.2) is 97.1 Å². The van der Waals surface area contributed by atoms with E-state index in [0.29, 0.717) is 18.8 Å². The first kappa shape index (κ1) is 35.0. The van der Waals surface area contributed by atoms with Crippen molar-refractivity contribution < 1.29 is 23.8 Å². The second-order valence-electron chi connectivity index (χ2n) is 12.9. The van der Waals surface area contributed by atoms with Crippen molar-refractivity contribution >= 4 is 23.4 Å². The predicted octanol–water partition coefficient (Wildman–Crippen LogP) is 8.35. The average molecular weight is 677 g/mol. The molecule has 0 unspecified atom stereocenters. The van der Waals surface area contributed by atoms with Crippen molar-refractivity contribution in [2.45, 2.75) is 70.6 Å². The summed E-state index contributed by atoms with van der Waals surface area (Å²) in [5, 5.41) is 10.1. The predicted molar refractivity (Wildman–Crippen MR) is 197 cm³/mol. The Hall–Kier alpha value is -4.86. The van der Waals surface area contributed by atoms with Crippen molar-refractivity contribution in [2.75, 3.05) is 37.1 Å². The van der Waals surface area contributed by atoms with E-state index in [2.05, 4.69) is 27.8 Å². The Labute approximate surface area is 295 Å². The third kappa shape index (κ3) is 9.43. The molecule has 1 heterocycles. The largest absolute Gasteiger partial charge is 0.493 e. The number of nitrogens with one attached hydrogen (secondary N) is 2. The zero-order valence-corrected chi connectivity index (χ0v) is 28.9. The summed E-state index contributed by atoms with van der Waals surface area (Å²) in [6, 6.07) is 31.8. The molecular weight excluding hydrogens is 628 g/mol. The van der Waals surface area contributed by atoms with E-state index in [4.69, 9.17) is 14.2 Å². The van der Waals surface area contributed by atoms with Gasteiger partial charge in [-0.25, -0.2) is 14.8 Å². The van der Waals surface area contributed by atoms with Crippen molar-refractivity contribution in [1.29, 1.82) is 0 Å². The number of carbonyl (C=O) groups excluding carboxylic acids is 2. The van der Waals surface area contributed by atoms with Gasteiger partial charge in [-0.05, 0) is 85.5 Å². The quantitative estimate of drug-likeness (QED) is 0.139. The van der Waals surface area contributed by atoms with Crippen molar-refractivity contribution in [3.63, 3.8) is 0 Å². The van der Waals surface area contributed by atoms with Gasteiger partial charge in [-0.3, -0.25) is 4.79 Å². The van der Waals surface area contributed by atoms with Crippen LogP contribution in [0.4, 0.5) is 16.2 Å². The van der Waals surface area contributed by atoms with E-state index < -0.39 is 6.09 Å². The molecular formula is C41H48N4O5. The number of para-hydroxylation sites is 1. The number of hydrazine groups is 1. The maximum atomic E-state index is 13.6. The average Bonchev–Trinajstić information content (AvgIpc) is 3.67. The number of hydrogen-bond acceptors (Lipinski definition) is 7. The molecule has 1 saturated heterocycles. The molecule has 1 aliphatic heterocycles. The summed E-state index contributed by atoms with van der Waals surface area (Å²) in [7, 11) is 1.67. The molecule has 4 aromatic rings. The molecule has 0 atom stereocenters. The molecule has 9 heteroatoms. The lowest BCUT2D eigenvalue weighted by Crippen LogP contribution is -2.49. The minimum Gasteiger partial charge on any atom is -0.493 e. The first-order valence-corrected chi connectivity index (χ1v) is 17.9. The number of ether oxygens (including phenoxy) is 3. The molecule has 0 radical (unpaired) electrons. The number of methoxy groups -OCH3 is 1. The Kier molecular flexibility index (Phi) is 12.4. The van der Waals surface area contributed by atoms with E-state index in [1.807, 2.05) is 84.9 Å². The van der Waals surface area contributed by atoms with Crippen LogP contribution in [-0.2, 0) is 22.6 Å². The molecule has 6 rings (SSSR count). The fourth-order valence-electron chi connectivity index (χ4n) is 6.65. The van der Waals surface area contributed by atoms with Gasteiger partial charge in [0.1, 0.15) is 6.61 Å². The van der Waals surface area contributed by atoms with Crippen LogP contribution >= 0.6 is 0 Å². The van der Waals surface area contributed by atoms with Gasteiger partial charge in [-0.1, -0.05) is 73.2 Å². The molecule has 2 N–H and O–H groups in total. The topological polar surface area (TPSA) is 92.4 Å². The zero-order chi connectivity index (χ0) is 34.5. The summed E-state index contributed by atoms with van der Waals surface area (Å²) in [4.78, 5) is 26.4. The summed E-state index contributed by atoms with van der Waals surface area (Å²) in [5.74, 6) is 1.36. The number of nitrogens with zero attached hydrogens (tertiary/aromatic N) is 2. The summed E-state index contributed by atoms with van der Waals surface area (Å²) < 4.78 is 17.5. The van der Waals surface area contributed by atoms with Crippen molar-refractivity contribution in [3.05, 3.63) is 108 Å². The van der Waals surface area contributed by atoms with E-state index in [1.54, 1.807) is 12.1 Å². The summed E-state index contributed by atoms with van der Waals surface area (Å²) in [6.07, 6.45) is 7.62. The van der Waals surface area contributed by atoms with Gasteiger partial charge in [0.2, 0.25) is 5.91 Å². The van der Waals surface area contributed by atoms with Crippen LogP contribution in [0.25, 0.3) is 11.1 Å². The molecule has 0 bridgehead atoms. The summed E-state index contributed by atoms with van der Waals surface area (Å²) in [5.41, 5.74) is 5.66. The second-order valence-corrected chi connectivity index (χ2v) is 12.9.